The molecule has 0 aliphatic carbocycles. The van der Waals surface area contributed by atoms with Gasteiger partial charge in [-0.3, -0.25) is 9.36 Å². The van der Waals surface area contributed by atoms with Gasteiger partial charge in [0.15, 0.2) is 5.16 Å². The molecule has 0 saturated carbocycles. The van der Waals surface area contributed by atoms with E-state index in [-0.39, 0.29) is 10.8 Å². The second-order valence-corrected chi connectivity index (χ2v) is 7.24. The van der Waals surface area contributed by atoms with Gasteiger partial charge in [0.25, 0.3) is 5.56 Å². The number of hydrogen-bond acceptors (Lipinski definition) is 4. The molecule has 3 rings (SSSR count). The maximum absolute atomic E-state index is 13.0. The fraction of sp³-hybridized carbons (Fsp3) is 0.118. The quantitative estimate of drug-likeness (QED) is 0.491. The summed E-state index contributed by atoms with van der Waals surface area (Å²) in [6.07, 6.45) is 0. The molecule has 1 unspecified atom stereocenters. The van der Waals surface area contributed by atoms with E-state index in [2.05, 4.69) is 11.1 Å². The van der Waals surface area contributed by atoms with E-state index in [1.54, 1.807) is 49.4 Å². The minimum atomic E-state index is -0.355. The van der Waals surface area contributed by atoms with E-state index in [0.29, 0.717) is 31.8 Å². The fourth-order valence-corrected chi connectivity index (χ4v) is 3.33. The first-order chi connectivity index (χ1) is 11.5. The third-order valence-electron chi connectivity index (χ3n) is 3.35. The molecule has 0 fully saturated rings. The Kier molecular flexibility index (Phi) is 4.81. The predicted molar refractivity (Wildman–Crippen MR) is 98.3 cm³/mol. The number of fused-ring (bicyclic) bond motifs is 1. The van der Waals surface area contributed by atoms with Crippen molar-refractivity contribution in [1.82, 2.24) is 9.55 Å². The van der Waals surface area contributed by atoms with Crippen molar-refractivity contribution in [3.63, 3.8) is 0 Å². The van der Waals surface area contributed by atoms with E-state index >= 15 is 0 Å². The van der Waals surface area contributed by atoms with E-state index < -0.39 is 0 Å². The Labute approximate surface area is 152 Å². The lowest BCUT2D eigenvalue weighted by atomic mass is 10.2. The van der Waals surface area contributed by atoms with Gasteiger partial charge in [0, 0.05) is 10.0 Å². The third kappa shape index (κ3) is 3.27. The number of thioether (sulfide) groups is 1. The summed E-state index contributed by atoms with van der Waals surface area (Å²) >= 11 is 13.2. The van der Waals surface area contributed by atoms with Crippen LogP contribution in [0.2, 0.25) is 10.0 Å². The summed E-state index contributed by atoms with van der Waals surface area (Å²) in [6, 6.07) is 14.0. The first-order valence-electron chi connectivity index (χ1n) is 7.04. The first kappa shape index (κ1) is 16.8. The minimum Gasteiger partial charge on any atom is -0.268 e. The number of rotatable bonds is 3. The zero-order chi connectivity index (χ0) is 17.3. The molecule has 1 aromatic heterocycles. The van der Waals surface area contributed by atoms with Crippen LogP contribution in [0.25, 0.3) is 16.6 Å². The fourth-order valence-electron chi connectivity index (χ4n) is 2.22. The molecule has 0 amide bonds. The number of aromatic nitrogens is 2. The highest BCUT2D eigenvalue weighted by Gasteiger charge is 2.16. The highest BCUT2D eigenvalue weighted by atomic mass is 35.5. The Morgan fingerprint density at radius 3 is 2.50 bits per heavy atom. The van der Waals surface area contributed by atoms with Crippen LogP contribution in [0.1, 0.15) is 6.92 Å². The van der Waals surface area contributed by atoms with Crippen molar-refractivity contribution in [3.8, 4) is 11.8 Å². The Bertz CT molecular complexity index is 1010. The zero-order valence-electron chi connectivity index (χ0n) is 12.5. The first-order valence-corrected chi connectivity index (χ1v) is 8.67. The molecular formula is C17H11Cl2N3OS. The van der Waals surface area contributed by atoms with Gasteiger partial charge in [-0.05, 0) is 49.4 Å². The molecule has 0 radical (unpaired) electrons. The third-order valence-corrected chi connectivity index (χ3v) is 4.78. The SMILES string of the molecule is CC(C#N)Sc1nc2cc(Cl)ccc2c(=O)n1-c1ccc(Cl)cc1. The van der Waals surface area contributed by atoms with Crippen LogP contribution in [0.4, 0.5) is 0 Å². The lowest BCUT2D eigenvalue weighted by molar-refractivity contribution is 0.818. The highest BCUT2D eigenvalue weighted by Crippen LogP contribution is 2.26. The molecule has 2 aromatic carbocycles. The van der Waals surface area contributed by atoms with Crippen LogP contribution in [-0.4, -0.2) is 14.8 Å². The largest absolute Gasteiger partial charge is 0.268 e. The van der Waals surface area contributed by atoms with Crippen LogP contribution in [0.3, 0.4) is 0 Å². The summed E-state index contributed by atoms with van der Waals surface area (Å²) < 4.78 is 1.49. The second kappa shape index (κ2) is 6.86. The molecule has 24 heavy (non-hydrogen) atoms. The van der Waals surface area contributed by atoms with Crippen molar-refractivity contribution in [2.24, 2.45) is 0 Å². The molecule has 120 valence electrons. The van der Waals surface area contributed by atoms with E-state index in [0.717, 1.165) is 0 Å². The summed E-state index contributed by atoms with van der Waals surface area (Å²) in [7, 11) is 0. The predicted octanol–water partition coefficient (Wildman–Crippen LogP) is 4.70. The van der Waals surface area contributed by atoms with Gasteiger partial charge >= 0.3 is 0 Å². The number of halogens is 2. The molecule has 7 heteroatoms. The number of nitrogens with zero attached hydrogens (tertiary/aromatic N) is 3. The van der Waals surface area contributed by atoms with Crippen molar-refractivity contribution >= 4 is 45.9 Å². The van der Waals surface area contributed by atoms with Crippen LogP contribution < -0.4 is 5.56 Å². The zero-order valence-corrected chi connectivity index (χ0v) is 14.9. The Hall–Kier alpha value is -2.00. The molecule has 3 aromatic rings. The minimum absolute atomic E-state index is 0.216. The smallest absolute Gasteiger partial charge is 0.266 e. The Balaban J connectivity index is 2.31. The molecule has 0 aliphatic rings. The Morgan fingerprint density at radius 2 is 1.83 bits per heavy atom. The molecule has 1 atom stereocenters. The molecule has 0 aliphatic heterocycles. The molecular weight excluding hydrogens is 365 g/mol. The standard InChI is InChI=1S/C17H11Cl2N3OS/c1-10(9-20)24-17-21-15-8-12(19)4-7-14(15)16(23)22(17)13-5-2-11(18)3-6-13/h2-8,10H,1H3. The number of benzene rings is 2. The lowest BCUT2D eigenvalue weighted by Crippen LogP contribution is -2.22. The van der Waals surface area contributed by atoms with Crippen molar-refractivity contribution in [3.05, 3.63) is 62.9 Å². The van der Waals surface area contributed by atoms with Gasteiger partial charge in [0.2, 0.25) is 0 Å². The van der Waals surface area contributed by atoms with E-state index in [1.165, 1.54) is 16.3 Å². The van der Waals surface area contributed by atoms with Crippen LogP contribution in [-0.2, 0) is 0 Å². The van der Waals surface area contributed by atoms with Gasteiger partial charge in [-0.25, -0.2) is 4.98 Å². The summed E-state index contributed by atoms with van der Waals surface area (Å²) in [4.78, 5) is 17.5. The summed E-state index contributed by atoms with van der Waals surface area (Å²) in [5, 5.41) is 10.7. The van der Waals surface area contributed by atoms with Crippen molar-refractivity contribution in [2.45, 2.75) is 17.3 Å². The molecule has 0 N–H and O–H groups in total. The normalized spacial score (nSPS) is 12.1. The van der Waals surface area contributed by atoms with Gasteiger partial charge in [-0.1, -0.05) is 35.0 Å². The van der Waals surface area contributed by atoms with Gasteiger partial charge < -0.3 is 0 Å². The van der Waals surface area contributed by atoms with Gasteiger partial charge in [-0.15, -0.1) is 0 Å². The van der Waals surface area contributed by atoms with E-state index in [9.17, 15) is 4.79 Å². The monoisotopic (exact) mass is 375 g/mol. The maximum atomic E-state index is 13.0. The summed E-state index contributed by atoms with van der Waals surface area (Å²) in [5.74, 6) is 0. The average molecular weight is 376 g/mol. The van der Waals surface area contributed by atoms with Crippen molar-refractivity contribution < 1.29 is 0 Å². The van der Waals surface area contributed by atoms with Crippen LogP contribution >= 0.6 is 35.0 Å². The molecule has 0 bridgehead atoms. The van der Waals surface area contributed by atoms with Gasteiger partial charge in [0.1, 0.15) is 0 Å². The molecule has 0 saturated heterocycles. The van der Waals surface area contributed by atoms with Crippen LogP contribution in [0.15, 0.2) is 52.4 Å². The second-order valence-electron chi connectivity index (χ2n) is 5.06. The van der Waals surface area contributed by atoms with Gasteiger partial charge in [0.05, 0.1) is 27.9 Å². The number of hydrogen-bond donors (Lipinski definition) is 0. The molecule has 4 nitrogen and oxygen atoms in total. The molecule has 1 heterocycles. The van der Waals surface area contributed by atoms with Crippen LogP contribution in [0.5, 0.6) is 0 Å². The molecule has 0 spiro atoms. The van der Waals surface area contributed by atoms with Crippen molar-refractivity contribution in [1.29, 1.82) is 5.26 Å². The van der Waals surface area contributed by atoms with E-state index in [4.69, 9.17) is 28.5 Å². The Morgan fingerprint density at radius 1 is 1.17 bits per heavy atom. The lowest BCUT2D eigenvalue weighted by Gasteiger charge is -2.14. The summed E-state index contributed by atoms with van der Waals surface area (Å²) in [6.45, 7) is 1.76. The average Bonchev–Trinajstić information content (AvgIpc) is 2.56. The topological polar surface area (TPSA) is 58.7 Å². The van der Waals surface area contributed by atoms with Gasteiger partial charge in [-0.2, -0.15) is 5.26 Å². The highest BCUT2D eigenvalue weighted by molar-refractivity contribution is 8.00. The van der Waals surface area contributed by atoms with Crippen LogP contribution in [0, 0.1) is 11.3 Å². The van der Waals surface area contributed by atoms with E-state index in [1.807, 2.05) is 0 Å². The summed E-state index contributed by atoms with van der Waals surface area (Å²) in [5.41, 5.74) is 0.929. The number of nitriles is 1. The van der Waals surface area contributed by atoms with Crippen molar-refractivity contribution in [2.75, 3.05) is 0 Å². The maximum Gasteiger partial charge on any atom is 0.266 e.